The highest BCUT2D eigenvalue weighted by Crippen LogP contribution is 2.31. The second-order valence-corrected chi connectivity index (χ2v) is 9.54. The molecule has 8 nitrogen and oxygen atoms in total. The number of anilines is 1. The second-order valence-electron chi connectivity index (χ2n) is 8.14. The third-order valence-electron chi connectivity index (χ3n) is 5.64. The number of hydrogen-bond donors (Lipinski definition) is 1. The van der Waals surface area contributed by atoms with Gasteiger partial charge in [0.2, 0.25) is 5.91 Å². The fourth-order valence-corrected chi connectivity index (χ4v) is 4.90. The van der Waals surface area contributed by atoms with Crippen LogP contribution in [0.4, 0.5) is 5.69 Å². The first kappa shape index (κ1) is 25.4. The molecule has 36 heavy (non-hydrogen) atoms. The first-order valence-corrected chi connectivity index (χ1v) is 12.3. The van der Waals surface area contributed by atoms with E-state index < -0.39 is 17.4 Å². The van der Waals surface area contributed by atoms with Crippen molar-refractivity contribution in [1.82, 2.24) is 9.55 Å². The van der Waals surface area contributed by atoms with Gasteiger partial charge < -0.3 is 14.8 Å². The van der Waals surface area contributed by atoms with Crippen molar-refractivity contribution < 1.29 is 19.1 Å². The number of esters is 1. The lowest BCUT2D eigenvalue weighted by molar-refractivity contribution is -0.116. The molecule has 0 aliphatic rings. The van der Waals surface area contributed by atoms with E-state index in [2.05, 4.69) is 10.3 Å². The van der Waals surface area contributed by atoms with Gasteiger partial charge in [-0.1, -0.05) is 41.9 Å². The normalized spacial score (nSPS) is 10.9. The Kier molecular flexibility index (Phi) is 7.71. The maximum Gasteiger partial charge on any atom is 0.348 e. The average molecular weight is 526 g/mol. The van der Waals surface area contributed by atoms with Crippen molar-refractivity contribution in [3.63, 3.8) is 0 Å². The minimum absolute atomic E-state index is 0.224. The summed E-state index contributed by atoms with van der Waals surface area (Å²) >= 11 is 7.23. The van der Waals surface area contributed by atoms with Crippen molar-refractivity contribution in [3.8, 4) is 5.75 Å². The molecule has 0 saturated carbocycles. The molecule has 186 valence electrons. The number of benzene rings is 2. The smallest absolute Gasteiger partial charge is 0.348 e. The maximum absolute atomic E-state index is 13.1. The summed E-state index contributed by atoms with van der Waals surface area (Å²) in [7, 11) is 1.47. The van der Waals surface area contributed by atoms with Gasteiger partial charge in [0.05, 0.1) is 31.1 Å². The number of rotatable bonds is 8. The van der Waals surface area contributed by atoms with Gasteiger partial charge in [-0.05, 0) is 36.6 Å². The van der Waals surface area contributed by atoms with Crippen LogP contribution in [0, 0.1) is 13.8 Å². The van der Waals surface area contributed by atoms with Crippen LogP contribution >= 0.6 is 22.9 Å². The van der Waals surface area contributed by atoms with Crippen molar-refractivity contribution in [3.05, 3.63) is 85.7 Å². The summed E-state index contributed by atoms with van der Waals surface area (Å²) in [6.07, 6.45) is 1.89. The molecule has 1 amide bonds. The van der Waals surface area contributed by atoms with Crippen LogP contribution in [0.3, 0.4) is 0 Å². The number of hydrogen-bond acceptors (Lipinski definition) is 7. The fraction of sp³-hybridized carbons (Fsp3) is 0.231. The molecule has 2 aromatic heterocycles. The van der Waals surface area contributed by atoms with Gasteiger partial charge >= 0.3 is 5.97 Å². The van der Waals surface area contributed by atoms with Crippen molar-refractivity contribution in [2.24, 2.45) is 0 Å². The summed E-state index contributed by atoms with van der Waals surface area (Å²) in [6.45, 7) is 3.45. The average Bonchev–Trinajstić information content (AvgIpc) is 3.20. The lowest BCUT2D eigenvalue weighted by Crippen LogP contribution is -2.28. The van der Waals surface area contributed by atoms with Crippen LogP contribution in [-0.4, -0.2) is 35.1 Å². The van der Waals surface area contributed by atoms with Gasteiger partial charge in [-0.15, -0.1) is 11.3 Å². The predicted molar refractivity (Wildman–Crippen MR) is 140 cm³/mol. The van der Waals surface area contributed by atoms with E-state index in [-0.39, 0.29) is 13.2 Å². The largest absolute Gasteiger partial charge is 0.495 e. The van der Waals surface area contributed by atoms with Gasteiger partial charge in [-0.2, -0.15) is 0 Å². The van der Waals surface area contributed by atoms with Crippen molar-refractivity contribution in [2.75, 3.05) is 19.0 Å². The molecule has 0 aliphatic heterocycles. The summed E-state index contributed by atoms with van der Waals surface area (Å²) in [4.78, 5) is 43.6. The molecular formula is C26H24ClN3O5S. The zero-order valence-electron chi connectivity index (χ0n) is 20.0. The Bertz CT molecular complexity index is 1500. The molecule has 0 unspecified atom stereocenters. The number of aromatic nitrogens is 2. The summed E-state index contributed by atoms with van der Waals surface area (Å²) < 4.78 is 11.9. The van der Waals surface area contributed by atoms with Crippen LogP contribution in [0.1, 0.15) is 26.4 Å². The molecular weight excluding hydrogens is 502 g/mol. The molecule has 0 aliphatic carbocycles. The Labute approximate surface area is 216 Å². The van der Waals surface area contributed by atoms with Crippen molar-refractivity contribution >= 4 is 50.7 Å². The van der Waals surface area contributed by atoms with E-state index in [1.54, 1.807) is 19.1 Å². The van der Waals surface area contributed by atoms with Gasteiger partial charge in [-0.25, -0.2) is 9.78 Å². The molecule has 1 N–H and O–H groups in total. The van der Waals surface area contributed by atoms with Gasteiger partial charge in [0.25, 0.3) is 5.56 Å². The quantitative estimate of drug-likeness (QED) is 0.332. The fourth-order valence-electron chi connectivity index (χ4n) is 3.71. The topological polar surface area (TPSA) is 99.5 Å². The molecule has 0 saturated heterocycles. The third kappa shape index (κ3) is 5.42. The molecule has 0 spiro atoms. The van der Waals surface area contributed by atoms with Gasteiger partial charge in [0.15, 0.2) is 0 Å². The van der Waals surface area contributed by atoms with E-state index in [0.29, 0.717) is 43.5 Å². The van der Waals surface area contributed by atoms with Crippen LogP contribution < -0.4 is 15.6 Å². The standard InChI is InChI=1S/C26H24ClN3O5S/c1-15-11-19(20(34-3)12-18(15)27)29-21(31)13-30-14-28-24-22(25(30)32)16(2)23(36-24)26(33)35-10-9-17-7-5-4-6-8-17/h4-8,11-12,14H,9-10,13H2,1-3H3,(H,29,31). The molecule has 10 heteroatoms. The lowest BCUT2D eigenvalue weighted by Gasteiger charge is -2.13. The number of methoxy groups -OCH3 is 1. The van der Waals surface area contributed by atoms with Crippen LogP contribution in [0.5, 0.6) is 5.75 Å². The third-order valence-corrected chi connectivity index (χ3v) is 7.23. The maximum atomic E-state index is 13.1. The minimum Gasteiger partial charge on any atom is -0.495 e. The highest BCUT2D eigenvalue weighted by Gasteiger charge is 2.21. The zero-order valence-corrected chi connectivity index (χ0v) is 21.5. The SMILES string of the molecule is COc1cc(Cl)c(C)cc1NC(=O)Cn1cnc2sc(C(=O)OCCc3ccccc3)c(C)c2c1=O. The number of halogens is 1. The number of carbonyl (C=O) groups excluding carboxylic acids is 2. The van der Waals surface area contributed by atoms with Gasteiger partial charge in [-0.3, -0.25) is 14.2 Å². The van der Waals surface area contributed by atoms with Crippen LogP contribution in [0.2, 0.25) is 5.02 Å². The number of thiophene rings is 1. The Morgan fingerprint density at radius 3 is 2.64 bits per heavy atom. The summed E-state index contributed by atoms with van der Waals surface area (Å²) in [6, 6.07) is 13.0. The number of nitrogens with one attached hydrogen (secondary N) is 1. The number of nitrogens with zero attached hydrogens (tertiary/aromatic N) is 2. The van der Waals surface area contributed by atoms with Crippen LogP contribution in [0.25, 0.3) is 10.2 Å². The first-order valence-electron chi connectivity index (χ1n) is 11.1. The molecule has 0 bridgehead atoms. The van der Waals surface area contributed by atoms with Gasteiger partial charge in [0.1, 0.15) is 22.0 Å². The zero-order chi connectivity index (χ0) is 25.8. The molecule has 2 heterocycles. The number of ether oxygens (including phenoxy) is 2. The number of amides is 1. The minimum atomic E-state index is -0.500. The Hall–Kier alpha value is -3.69. The molecule has 0 fully saturated rings. The first-order chi connectivity index (χ1) is 17.3. The molecule has 0 radical (unpaired) electrons. The van der Waals surface area contributed by atoms with E-state index in [9.17, 15) is 14.4 Å². The monoisotopic (exact) mass is 525 g/mol. The predicted octanol–water partition coefficient (Wildman–Crippen LogP) is 4.78. The van der Waals surface area contributed by atoms with Crippen molar-refractivity contribution in [1.29, 1.82) is 0 Å². The summed E-state index contributed by atoms with van der Waals surface area (Å²) in [5, 5.41) is 3.55. The Morgan fingerprint density at radius 1 is 1.17 bits per heavy atom. The summed E-state index contributed by atoms with van der Waals surface area (Å²) in [5.74, 6) is -0.531. The highest BCUT2D eigenvalue weighted by atomic mass is 35.5. The number of carbonyl (C=O) groups is 2. The second kappa shape index (κ2) is 10.9. The van der Waals surface area contributed by atoms with Crippen LogP contribution in [-0.2, 0) is 22.5 Å². The van der Waals surface area contributed by atoms with E-state index in [4.69, 9.17) is 21.1 Å². The van der Waals surface area contributed by atoms with Crippen molar-refractivity contribution in [2.45, 2.75) is 26.8 Å². The van der Waals surface area contributed by atoms with E-state index in [1.807, 2.05) is 37.3 Å². The summed E-state index contributed by atoms with van der Waals surface area (Å²) in [5.41, 5.74) is 2.35. The number of aryl methyl sites for hydroxylation is 2. The molecule has 2 aromatic carbocycles. The lowest BCUT2D eigenvalue weighted by atomic mass is 10.2. The van der Waals surface area contributed by atoms with Crippen LogP contribution in [0.15, 0.2) is 53.6 Å². The Balaban J connectivity index is 1.50. The van der Waals surface area contributed by atoms with E-state index >= 15 is 0 Å². The Morgan fingerprint density at radius 2 is 1.92 bits per heavy atom. The molecule has 0 atom stereocenters. The number of fused-ring (bicyclic) bond motifs is 1. The highest BCUT2D eigenvalue weighted by molar-refractivity contribution is 7.20. The molecule has 4 rings (SSSR count). The van der Waals surface area contributed by atoms with Gasteiger partial charge in [0, 0.05) is 17.5 Å². The van der Waals surface area contributed by atoms with E-state index in [0.717, 1.165) is 22.5 Å². The van der Waals surface area contributed by atoms with E-state index in [1.165, 1.54) is 18.0 Å². The molecule has 4 aromatic rings.